The van der Waals surface area contributed by atoms with Crippen LogP contribution in [0.15, 0.2) is 18.2 Å². The maximum Gasteiger partial charge on any atom is 0.326 e. The van der Waals surface area contributed by atoms with Gasteiger partial charge in [-0.2, -0.15) is 0 Å². The van der Waals surface area contributed by atoms with Crippen LogP contribution in [0.4, 0.5) is 0 Å². The molecule has 0 N–H and O–H groups in total. The molecule has 1 aromatic rings. The highest BCUT2D eigenvalue weighted by Crippen LogP contribution is 2.46. The Balaban J connectivity index is 2.47. The van der Waals surface area contributed by atoms with Gasteiger partial charge < -0.3 is 9.64 Å². The molecule has 0 aromatic heterocycles. The molecule has 3 nitrogen and oxygen atoms in total. The third-order valence-corrected chi connectivity index (χ3v) is 5.34. The van der Waals surface area contributed by atoms with Crippen LogP contribution in [0.1, 0.15) is 23.1 Å². The molecule has 2 rings (SSSR count). The van der Waals surface area contributed by atoms with Gasteiger partial charge in [0.2, 0.25) is 0 Å². The second-order valence-corrected chi connectivity index (χ2v) is 7.02. The molecule has 1 aliphatic rings. The van der Waals surface area contributed by atoms with Gasteiger partial charge in [-0.05, 0) is 57.3 Å². The molecular formula is C16H23NO2S. The van der Waals surface area contributed by atoms with E-state index >= 15 is 0 Å². The molecule has 0 fully saturated rings. The van der Waals surface area contributed by atoms with Gasteiger partial charge >= 0.3 is 5.97 Å². The van der Waals surface area contributed by atoms with Gasteiger partial charge in [-0.1, -0.05) is 23.8 Å². The lowest BCUT2D eigenvalue weighted by Gasteiger charge is -2.37. The molecule has 0 saturated carbocycles. The zero-order valence-corrected chi connectivity index (χ0v) is 13.5. The lowest BCUT2D eigenvalue weighted by Crippen LogP contribution is -2.40. The summed E-state index contributed by atoms with van der Waals surface area (Å²) in [5, 5.41) is 0. The Labute approximate surface area is 125 Å². The van der Waals surface area contributed by atoms with Gasteiger partial charge in [0.15, 0.2) is 0 Å². The molecule has 0 radical (unpaired) electrons. The fraction of sp³-hybridized carbons (Fsp3) is 0.562. The van der Waals surface area contributed by atoms with E-state index in [-0.39, 0.29) is 5.97 Å². The van der Waals surface area contributed by atoms with E-state index in [1.54, 1.807) is 11.8 Å². The summed E-state index contributed by atoms with van der Waals surface area (Å²) in [6.07, 6.45) is 1.81. The van der Waals surface area contributed by atoms with Crippen LogP contribution in [0.2, 0.25) is 0 Å². The number of esters is 1. The summed E-state index contributed by atoms with van der Waals surface area (Å²) in [6.45, 7) is 2.95. The van der Waals surface area contributed by atoms with Gasteiger partial charge in [0.05, 0.1) is 7.11 Å². The Bertz CT molecular complexity index is 501. The first-order chi connectivity index (χ1) is 9.49. The minimum Gasteiger partial charge on any atom is -0.468 e. The standard InChI is InChI=1S/C16H23NO2S/c1-12-5-6-13-7-10-20-16(14(13)11-12,15(18)19-4)8-9-17(2)3/h5-6,11H,7-10H2,1-4H3. The second kappa shape index (κ2) is 6.19. The molecule has 0 saturated heterocycles. The van der Waals surface area contributed by atoms with Crippen molar-refractivity contribution in [3.8, 4) is 0 Å². The highest BCUT2D eigenvalue weighted by molar-refractivity contribution is 8.01. The maximum atomic E-state index is 12.5. The Morgan fingerprint density at radius 1 is 1.45 bits per heavy atom. The fourth-order valence-electron chi connectivity index (χ4n) is 2.72. The van der Waals surface area contributed by atoms with Crippen LogP contribution in [0.5, 0.6) is 0 Å². The topological polar surface area (TPSA) is 29.5 Å². The number of aryl methyl sites for hydroxylation is 2. The minimum atomic E-state index is -0.543. The van der Waals surface area contributed by atoms with Crippen LogP contribution >= 0.6 is 11.8 Å². The van der Waals surface area contributed by atoms with Gasteiger partial charge in [-0.3, -0.25) is 4.79 Å². The largest absolute Gasteiger partial charge is 0.468 e. The molecule has 0 spiro atoms. The Morgan fingerprint density at radius 2 is 2.20 bits per heavy atom. The summed E-state index contributed by atoms with van der Waals surface area (Å²) in [6, 6.07) is 6.45. The summed E-state index contributed by atoms with van der Waals surface area (Å²) in [5.74, 6) is 0.856. The van der Waals surface area contributed by atoms with Crippen LogP contribution in [0.25, 0.3) is 0 Å². The molecular weight excluding hydrogens is 270 g/mol. The quantitative estimate of drug-likeness (QED) is 0.798. The smallest absolute Gasteiger partial charge is 0.326 e. The molecule has 0 aliphatic carbocycles. The molecule has 110 valence electrons. The van der Waals surface area contributed by atoms with Crippen molar-refractivity contribution in [2.24, 2.45) is 0 Å². The van der Waals surface area contributed by atoms with Crippen molar-refractivity contribution in [2.45, 2.75) is 24.5 Å². The first-order valence-corrected chi connectivity index (χ1v) is 7.95. The molecule has 0 amide bonds. The van der Waals surface area contributed by atoms with Gasteiger partial charge in [-0.25, -0.2) is 0 Å². The van der Waals surface area contributed by atoms with Crippen LogP contribution in [-0.4, -0.2) is 44.4 Å². The molecule has 1 unspecified atom stereocenters. The van der Waals surface area contributed by atoms with Crippen LogP contribution in [-0.2, 0) is 20.7 Å². The van der Waals surface area contributed by atoms with Crippen LogP contribution in [0, 0.1) is 6.92 Å². The summed E-state index contributed by atoms with van der Waals surface area (Å²) >= 11 is 1.74. The molecule has 1 heterocycles. The van der Waals surface area contributed by atoms with E-state index in [4.69, 9.17) is 4.74 Å². The molecule has 1 aliphatic heterocycles. The maximum absolute atomic E-state index is 12.5. The third kappa shape index (κ3) is 2.86. The number of ether oxygens (including phenoxy) is 1. The average Bonchev–Trinajstić information content (AvgIpc) is 2.44. The second-order valence-electron chi connectivity index (χ2n) is 5.63. The van der Waals surface area contributed by atoms with E-state index in [2.05, 4.69) is 30.0 Å². The summed E-state index contributed by atoms with van der Waals surface area (Å²) in [4.78, 5) is 14.6. The van der Waals surface area contributed by atoms with Crippen molar-refractivity contribution in [2.75, 3.05) is 33.5 Å². The van der Waals surface area contributed by atoms with Crippen molar-refractivity contribution in [3.05, 3.63) is 34.9 Å². The van der Waals surface area contributed by atoms with Gasteiger partial charge in [0.1, 0.15) is 4.75 Å². The summed E-state index contributed by atoms with van der Waals surface area (Å²) < 4.78 is 4.60. The number of fused-ring (bicyclic) bond motifs is 1. The zero-order chi connectivity index (χ0) is 14.8. The predicted molar refractivity (Wildman–Crippen MR) is 84.2 cm³/mol. The van der Waals surface area contributed by atoms with E-state index in [9.17, 15) is 4.79 Å². The number of hydrogen-bond acceptors (Lipinski definition) is 4. The molecule has 1 aromatic carbocycles. The van der Waals surface area contributed by atoms with Crippen LogP contribution < -0.4 is 0 Å². The number of rotatable bonds is 4. The van der Waals surface area contributed by atoms with E-state index in [0.717, 1.165) is 30.7 Å². The van der Waals surface area contributed by atoms with Gasteiger partial charge in [0.25, 0.3) is 0 Å². The minimum absolute atomic E-state index is 0.115. The van der Waals surface area contributed by atoms with Crippen molar-refractivity contribution in [3.63, 3.8) is 0 Å². The zero-order valence-electron chi connectivity index (χ0n) is 12.7. The van der Waals surface area contributed by atoms with E-state index in [0.29, 0.717) is 0 Å². The van der Waals surface area contributed by atoms with Crippen molar-refractivity contribution >= 4 is 17.7 Å². The first kappa shape index (κ1) is 15.4. The van der Waals surface area contributed by atoms with Crippen molar-refractivity contribution in [1.82, 2.24) is 4.90 Å². The lowest BCUT2D eigenvalue weighted by atomic mass is 9.87. The lowest BCUT2D eigenvalue weighted by molar-refractivity contribution is -0.144. The highest BCUT2D eigenvalue weighted by atomic mass is 32.2. The average molecular weight is 293 g/mol. The van der Waals surface area contributed by atoms with E-state index in [1.807, 2.05) is 14.1 Å². The number of thioether (sulfide) groups is 1. The molecule has 0 bridgehead atoms. The summed E-state index contributed by atoms with van der Waals surface area (Å²) in [7, 11) is 5.57. The first-order valence-electron chi connectivity index (χ1n) is 6.97. The Morgan fingerprint density at radius 3 is 2.85 bits per heavy atom. The molecule has 20 heavy (non-hydrogen) atoms. The summed E-state index contributed by atoms with van der Waals surface area (Å²) in [5.41, 5.74) is 3.64. The number of carbonyl (C=O) groups excluding carboxylic acids is 1. The monoisotopic (exact) mass is 293 g/mol. The number of carbonyl (C=O) groups is 1. The predicted octanol–water partition coefficient (Wildman–Crippen LogP) is 2.60. The van der Waals surface area contributed by atoms with E-state index in [1.165, 1.54) is 18.2 Å². The number of nitrogens with zero attached hydrogens (tertiary/aromatic N) is 1. The normalized spacial score (nSPS) is 21.6. The fourth-order valence-corrected chi connectivity index (χ4v) is 4.17. The Hall–Kier alpha value is -1.00. The number of methoxy groups -OCH3 is 1. The Kier molecular flexibility index (Phi) is 4.76. The highest BCUT2D eigenvalue weighted by Gasteiger charge is 2.45. The third-order valence-electron chi connectivity index (χ3n) is 3.85. The SMILES string of the molecule is COC(=O)C1(CCN(C)C)SCCc2ccc(C)cc21. The number of hydrogen-bond donors (Lipinski definition) is 0. The van der Waals surface area contributed by atoms with Crippen LogP contribution in [0.3, 0.4) is 0 Å². The van der Waals surface area contributed by atoms with Gasteiger partial charge in [-0.15, -0.1) is 11.8 Å². The van der Waals surface area contributed by atoms with E-state index < -0.39 is 4.75 Å². The molecule has 4 heteroatoms. The number of benzene rings is 1. The van der Waals surface area contributed by atoms with Gasteiger partial charge in [0, 0.05) is 0 Å². The van der Waals surface area contributed by atoms with Crippen molar-refractivity contribution < 1.29 is 9.53 Å². The van der Waals surface area contributed by atoms with Crippen molar-refractivity contribution in [1.29, 1.82) is 0 Å². The molecule has 1 atom stereocenters.